The van der Waals surface area contributed by atoms with E-state index in [4.69, 9.17) is 9.47 Å². The predicted molar refractivity (Wildman–Crippen MR) is 82.9 cm³/mol. The number of morpholine rings is 1. The molecule has 118 valence electrons. The number of halogens is 1. The van der Waals surface area contributed by atoms with Gasteiger partial charge in [-0.3, -0.25) is 0 Å². The van der Waals surface area contributed by atoms with Crippen LogP contribution in [0.4, 0.5) is 9.52 Å². The number of methoxy groups -OCH3 is 1. The molecular weight excluding hydrogens is 305 g/mol. The molecule has 7 heteroatoms. The predicted octanol–water partition coefficient (Wildman–Crippen LogP) is 2.12. The zero-order valence-corrected chi connectivity index (χ0v) is 13.2. The molecule has 1 fully saturated rings. The van der Waals surface area contributed by atoms with Crippen molar-refractivity contribution in [2.75, 3.05) is 38.3 Å². The lowest BCUT2D eigenvalue weighted by atomic mass is 10.2. The van der Waals surface area contributed by atoms with Gasteiger partial charge in [-0.25, -0.2) is 4.39 Å². The standard InChI is InChI=1S/C15H18FN3O2S/c1-20-10-13-9-19(6-7-21-13)15-18-17-14(22-15)8-11-2-4-12(16)5-3-11/h2-5,13H,6-10H2,1H3. The molecule has 0 radical (unpaired) electrons. The van der Waals surface area contributed by atoms with E-state index < -0.39 is 0 Å². The molecule has 2 heterocycles. The van der Waals surface area contributed by atoms with Gasteiger partial charge in [-0.1, -0.05) is 23.5 Å². The summed E-state index contributed by atoms with van der Waals surface area (Å²) in [7, 11) is 1.67. The van der Waals surface area contributed by atoms with Crippen molar-refractivity contribution in [1.82, 2.24) is 10.2 Å². The first-order valence-electron chi connectivity index (χ1n) is 7.17. The number of hydrogen-bond donors (Lipinski definition) is 0. The quantitative estimate of drug-likeness (QED) is 0.843. The zero-order chi connectivity index (χ0) is 15.4. The van der Waals surface area contributed by atoms with Crippen molar-refractivity contribution in [3.8, 4) is 0 Å². The number of hydrogen-bond acceptors (Lipinski definition) is 6. The van der Waals surface area contributed by atoms with Crippen LogP contribution in [0.1, 0.15) is 10.6 Å². The van der Waals surface area contributed by atoms with Gasteiger partial charge >= 0.3 is 0 Å². The van der Waals surface area contributed by atoms with Gasteiger partial charge in [0.2, 0.25) is 5.13 Å². The molecule has 5 nitrogen and oxygen atoms in total. The van der Waals surface area contributed by atoms with E-state index >= 15 is 0 Å². The molecule has 1 aromatic carbocycles. The Balaban J connectivity index is 1.64. The minimum atomic E-state index is -0.223. The second-order valence-electron chi connectivity index (χ2n) is 5.18. The molecule has 1 aromatic heterocycles. The van der Waals surface area contributed by atoms with E-state index in [1.54, 1.807) is 30.6 Å². The maximum Gasteiger partial charge on any atom is 0.208 e. The first-order valence-corrected chi connectivity index (χ1v) is 7.98. The van der Waals surface area contributed by atoms with Gasteiger partial charge in [0.15, 0.2) is 0 Å². The molecule has 0 saturated carbocycles. The van der Waals surface area contributed by atoms with Crippen molar-refractivity contribution >= 4 is 16.5 Å². The average Bonchev–Trinajstić information content (AvgIpc) is 2.99. The first kappa shape index (κ1) is 15.3. The summed E-state index contributed by atoms with van der Waals surface area (Å²) in [5.74, 6) is -0.223. The third-order valence-electron chi connectivity index (χ3n) is 3.49. The van der Waals surface area contributed by atoms with Crippen molar-refractivity contribution < 1.29 is 13.9 Å². The number of rotatable bonds is 5. The largest absolute Gasteiger partial charge is 0.382 e. The normalized spacial score (nSPS) is 18.6. The van der Waals surface area contributed by atoms with Crippen LogP contribution in [0.15, 0.2) is 24.3 Å². The molecule has 0 bridgehead atoms. The molecule has 0 spiro atoms. The van der Waals surface area contributed by atoms with Gasteiger partial charge in [0.25, 0.3) is 0 Å². The highest BCUT2D eigenvalue weighted by atomic mass is 32.1. The second kappa shape index (κ2) is 7.13. The van der Waals surface area contributed by atoms with E-state index in [0.29, 0.717) is 19.6 Å². The van der Waals surface area contributed by atoms with E-state index in [2.05, 4.69) is 15.1 Å². The van der Waals surface area contributed by atoms with Gasteiger partial charge in [-0.2, -0.15) is 0 Å². The molecule has 1 aliphatic heterocycles. The van der Waals surface area contributed by atoms with Crippen LogP contribution in [0.5, 0.6) is 0 Å². The average molecular weight is 323 g/mol. The fourth-order valence-electron chi connectivity index (χ4n) is 2.40. The van der Waals surface area contributed by atoms with E-state index in [1.807, 2.05) is 0 Å². The number of anilines is 1. The SMILES string of the molecule is COCC1CN(c2nnc(Cc3ccc(F)cc3)s2)CCO1. The van der Waals surface area contributed by atoms with Crippen LogP contribution in [0.2, 0.25) is 0 Å². The molecule has 0 amide bonds. The summed E-state index contributed by atoms with van der Waals surface area (Å²) in [6.45, 7) is 2.82. The van der Waals surface area contributed by atoms with Gasteiger partial charge in [0, 0.05) is 26.6 Å². The lowest BCUT2D eigenvalue weighted by molar-refractivity contribution is -0.0100. The Morgan fingerprint density at radius 1 is 1.36 bits per heavy atom. The molecule has 0 N–H and O–H groups in total. The van der Waals surface area contributed by atoms with Crippen LogP contribution in [0.3, 0.4) is 0 Å². The van der Waals surface area contributed by atoms with Crippen molar-refractivity contribution in [3.05, 3.63) is 40.7 Å². The summed E-state index contributed by atoms with van der Waals surface area (Å²) in [5, 5.41) is 10.3. The van der Waals surface area contributed by atoms with E-state index in [-0.39, 0.29) is 11.9 Å². The lowest BCUT2D eigenvalue weighted by Gasteiger charge is -2.31. The smallest absolute Gasteiger partial charge is 0.208 e. The summed E-state index contributed by atoms with van der Waals surface area (Å²) in [6, 6.07) is 6.49. The number of benzene rings is 1. The van der Waals surface area contributed by atoms with Crippen LogP contribution in [0, 0.1) is 5.82 Å². The van der Waals surface area contributed by atoms with Crippen LogP contribution >= 0.6 is 11.3 Å². The van der Waals surface area contributed by atoms with Crippen LogP contribution in [0.25, 0.3) is 0 Å². The number of nitrogens with zero attached hydrogens (tertiary/aromatic N) is 3. The number of aromatic nitrogens is 2. The van der Waals surface area contributed by atoms with Crippen LogP contribution in [-0.2, 0) is 15.9 Å². The highest BCUT2D eigenvalue weighted by molar-refractivity contribution is 7.15. The molecule has 1 unspecified atom stereocenters. The fraction of sp³-hybridized carbons (Fsp3) is 0.467. The highest BCUT2D eigenvalue weighted by Crippen LogP contribution is 2.24. The minimum Gasteiger partial charge on any atom is -0.382 e. The van der Waals surface area contributed by atoms with Crippen molar-refractivity contribution in [2.24, 2.45) is 0 Å². The van der Waals surface area contributed by atoms with Crippen molar-refractivity contribution in [1.29, 1.82) is 0 Å². The lowest BCUT2D eigenvalue weighted by Crippen LogP contribution is -2.44. The summed E-state index contributed by atoms with van der Waals surface area (Å²) in [4.78, 5) is 2.18. The Hall–Kier alpha value is -1.57. The Kier molecular flexibility index (Phi) is 4.97. The van der Waals surface area contributed by atoms with Crippen LogP contribution < -0.4 is 4.90 Å². The van der Waals surface area contributed by atoms with Crippen molar-refractivity contribution in [2.45, 2.75) is 12.5 Å². The van der Waals surface area contributed by atoms with E-state index in [0.717, 1.165) is 28.8 Å². The third-order valence-corrected chi connectivity index (χ3v) is 4.47. The Morgan fingerprint density at radius 2 is 2.18 bits per heavy atom. The molecule has 1 atom stereocenters. The van der Waals surface area contributed by atoms with Gasteiger partial charge in [-0.05, 0) is 17.7 Å². The monoisotopic (exact) mass is 323 g/mol. The second-order valence-corrected chi connectivity index (χ2v) is 6.22. The highest BCUT2D eigenvalue weighted by Gasteiger charge is 2.23. The molecule has 1 aliphatic rings. The van der Waals surface area contributed by atoms with Gasteiger partial charge < -0.3 is 14.4 Å². The molecular formula is C15H18FN3O2S. The summed E-state index contributed by atoms with van der Waals surface area (Å²) in [5.41, 5.74) is 1.03. The summed E-state index contributed by atoms with van der Waals surface area (Å²) < 4.78 is 23.7. The Bertz CT molecular complexity index is 603. The van der Waals surface area contributed by atoms with Gasteiger partial charge in [0.05, 0.1) is 19.3 Å². The number of ether oxygens (including phenoxy) is 2. The molecule has 2 aromatic rings. The van der Waals surface area contributed by atoms with Gasteiger partial charge in [-0.15, -0.1) is 10.2 Å². The molecule has 22 heavy (non-hydrogen) atoms. The Morgan fingerprint density at radius 3 is 2.95 bits per heavy atom. The zero-order valence-electron chi connectivity index (χ0n) is 12.4. The van der Waals surface area contributed by atoms with Crippen molar-refractivity contribution in [3.63, 3.8) is 0 Å². The first-order chi connectivity index (χ1) is 10.7. The summed E-state index contributed by atoms with van der Waals surface area (Å²) >= 11 is 1.57. The van der Waals surface area contributed by atoms with E-state index in [9.17, 15) is 4.39 Å². The maximum atomic E-state index is 12.9. The summed E-state index contributed by atoms with van der Waals surface area (Å²) in [6.07, 6.45) is 0.743. The third kappa shape index (κ3) is 3.79. The minimum absolute atomic E-state index is 0.0724. The maximum absolute atomic E-state index is 12.9. The molecule has 1 saturated heterocycles. The molecule has 0 aliphatic carbocycles. The molecule has 3 rings (SSSR count). The fourth-order valence-corrected chi connectivity index (χ4v) is 3.31. The van der Waals surface area contributed by atoms with Crippen LogP contribution in [-0.4, -0.2) is 49.7 Å². The topological polar surface area (TPSA) is 47.5 Å². The Labute approximate surface area is 132 Å². The van der Waals surface area contributed by atoms with E-state index in [1.165, 1.54) is 12.1 Å². The van der Waals surface area contributed by atoms with Gasteiger partial charge in [0.1, 0.15) is 10.8 Å².